The van der Waals surface area contributed by atoms with Crippen LogP contribution in [0, 0.1) is 10.1 Å². The summed E-state index contributed by atoms with van der Waals surface area (Å²) in [5.74, 6) is -0.259. The molecule has 0 heterocycles. The lowest BCUT2D eigenvalue weighted by Crippen LogP contribution is -2.09. The van der Waals surface area contributed by atoms with Crippen LogP contribution in [0.5, 0.6) is 0 Å². The number of nitrogens with zero attached hydrogens (tertiary/aromatic N) is 2. The van der Waals surface area contributed by atoms with Crippen molar-refractivity contribution in [3.05, 3.63) is 70.3 Å². The number of benzene rings is 2. The van der Waals surface area contributed by atoms with Crippen LogP contribution in [-0.2, 0) is 0 Å². The smallest absolute Gasteiger partial charge is 0.269 e. The van der Waals surface area contributed by atoms with Gasteiger partial charge in [-0.1, -0.05) is 30.3 Å². The van der Waals surface area contributed by atoms with Crippen molar-refractivity contribution in [1.82, 2.24) is 0 Å². The maximum Gasteiger partial charge on any atom is 0.269 e. The predicted octanol–water partition coefficient (Wildman–Crippen LogP) is 3.60. The number of hydrazone groups is 1. The van der Waals surface area contributed by atoms with Gasteiger partial charge in [0.05, 0.1) is 10.6 Å². The Labute approximate surface area is 128 Å². The predicted molar refractivity (Wildman–Crippen MR) is 83.9 cm³/mol. The number of rotatable bonds is 5. The molecule has 0 aliphatic carbocycles. The van der Waals surface area contributed by atoms with Crippen LogP contribution in [-0.4, -0.2) is 15.3 Å². The first-order valence-corrected chi connectivity index (χ1v) is 6.70. The van der Waals surface area contributed by atoms with Crippen molar-refractivity contribution in [3.8, 4) is 0 Å². The lowest BCUT2D eigenvalue weighted by molar-refractivity contribution is -0.384. The average Bonchev–Trinajstić information content (AvgIpc) is 2.53. The summed E-state index contributed by atoms with van der Waals surface area (Å²) in [6, 6.07) is 14.4. The summed E-state index contributed by atoms with van der Waals surface area (Å²) in [6.07, 6.45) is 0. The molecule has 0 atom stereocenters. The van der Waals surface area contributed by atoms with Crippen molar-refractivity contribution in [2.75, 3.05) is 5.43 Å². The molecule has 0 aliphatic heterocycles. The number of carbonyl (C=O) groups is 1. The summed E-state index contributed by atoms with van der Waals surface area (Å²) in [5.41, 5.74) is 3.70. The molecule has 0 saturated carbocycles. The second kappa shape index (κ2) is 6.76. The van der Waals surface area contributed by atoms with E-state index in [-0.39, 0.29) is 16.1 Å². The number of ketones is 1. The van der Waals surface area contributed by atoms with E-state index in [0.29, 0.717) is 11.3 Å². The Kier molecular flexibility index (Phi) is 4.78. The van der Waals surface area contributed by atoms with Crippen LogP contribution in [0.15, 0.2) is 59.7 Å². The normalized spacial score (nSPS) is 11.0. The van der Waals surface area contributed by atoms with Gasteiger partial charge < -0.3 is 0 Å². The molecule has 0 unspecified atom stereocenters. The van der Waals surface area contributed by atoms with Crippen LogP contribution in [0.2, 0.25) is 0 Å². The van der Waals surface area contributed by atoms with Crippen LogP contribution in [0.25, 0.3) is 0 Å². The standard InChI is InChI=1S/C14H10BrN3O3/c15-14(13(19)10-4-2-1-3-5-10)17-16-11-6-8-12(9-7-11)18(20)21/h1-9,16H/b17-14-. The van der Waals surface area contributed by atoms with Crippen molar-refractivity contribution in [2.45, 2.75) is 0 Å². The highest BCUT2D eigenvalue weighted by Crippen LogP contribution is 2.15. The number of nitrogens with one attached hydrogen (secondary N) is 1. The Morgan fingerprint density at radius 2 is 1.71 bits per heavy atom. The highest BCUT2D eigenvalue weighted by molar-refractivity contribution is 9.19. The van der Waals surface area contributed by atoms with E-state index in [4.69, 9.17) is 0 Å². The van der Waals surface area contributed by atoms with E-state index in [0.717, 1.165) is 0 Å². The van der Waals surface area contributed by atoms with Gasteiger partial charge in [-0.2, -0.15) is 5.10 Å². The summed E-state index contributed by atoms with van der Waals surface area (Å²) in [4.78, 5) is 22.0. The molecule has 0 amide bonds. The van der Waals surface area contributed by atoms with Gasteiger partial charge in [0.1, 0.15) is 0 Å². The molecule has 0 saturated heterocycles. The quantitative estimate of drug-likeness (QED) is 0.387. The highest BCUT2D eigenvalue weighted by Gasteiger charge is 2.10. The van der Waals surface area contributed by atoms with Crippen molar-refractivity contribution >= 4 is 37.7 Å². The first kappa shape index (κ1) is 14.9. The zero-order valence-corrected chi connectivity index (χ0v) is 12.3. The topological polar surface area (TPSA) is 84.6 Å². The molecule has 0 aliphatic rings. The van der Waals surface area contributed by atoms with Crippen LogP contribution >= 0.6 is 15.9 Å². The van der Waals surface area contributed by atoms with Crippen molar-refractivity contribution in [1.29, 1.82) is 0 Å². The molecule has 7 heteroatoms. The second-order valence-corrected chi connectivity index (χ2v) is 4.76. The van der Waals surface area contributed by atoms with Crippen LogP contribution < -0.4 is 5.43 Å². The SMILES string of the molecule is O=C(/C(Br)=N/Nc1ccc([N+](=O)[O-])cc1)c1ccccc1. The van der Waals surface area contributed by atoms with Gasteiger partial charge in [0, 0.05) is 17.7 Å². The number of hydrogen-bond donors (Lipinski definition) is 1. The van der Waals surface area contributed by atoms with E-state index in [1.807, 2.05) is 6.07 Å². The fraction of sp³-hybridized carbons (Fsp3) is 0. The third-order valence-electron chi connectivity index (χ3n) is 2.58. The van der Waals surface area contributed by atoms with Gasteiger partial charge in [-0.15, -0.1) is 0 Å². The number of nitro benzene ring substituents is 1. The monoisotopic (exact) mass is 347 g/mol. The highest BCUT2D eigenvalue weighted by atomic mass is 79.9. The number of nitro groups is 1. The number of halogens is 1. The fourth-order valence-electron chi connectivity index (χ4n) is 1.53. The summed E-state index contributed by atoms with van der Waals surface area (Å²) in [7, 11) is 0. The van der Waals surface area contributed by atoms with E-state index < -0.39 is 4.92 Å². The van der Waals surface area contributed by atoms with Gasteiger partial charge in [-0.3, -0.25) is 20.3 Å². The maximum atomic E-state index is 12.0. The Morgan fingerprint density at radius 3 is 2.29 bits per heavy atom. The van der Waals surface area contributed by atoms with E-state index in [9.17, 15) is 14.9 Å². The van der Waals surface area contributed by atoms with Gasteiger partial charge in [0.2, 0.25) is 5.78 Å². The van der Waals surface area contributed by atoms with Crippen molar-refractivity contribution in [3.63, 3.8) is 0 Å². The Morgan fingerprint density at radius 1 is 1.10 bits per heavy atom. The van der Waals surface area contributed by atoms with Crippen LogP contribution in [0.3, 0.4) is 0 Å². The Hall–Kier alpha value is -2.54. The number of non-ortho nitro benzene ring substituents is 1. The molecule has 6 nitrogen and oxygen atoms in total. The van der Waals surface area contributed by atoms with E-state index in [1.54, 1.807) is 24.3 Å². The third-order valence-corrected chi connectivity index (χ3v) is 3.12. The van der Waals surface area contributed by atoms with Gasteiger partial charge in [-0.05, 0) is 28.1 Å². The molecule has 0 fully saturated rings. The van der Waals surface area contributed by atoms with Crippen LogP contribution in [0.1, 0.15) is 10.4 Å². The van der Waals surface area contributed by atoms with E-state index in [2.05, 4.69) is 26.5 Å². The molecular formula is C14H10BrN3O3. The average molecular weight is 348 g/mol. The van der Waals surface area contributed by atoms with Gasteiger partial charge in [0.25, 0.3) is 5.69 Å². The molecule has 2 aromatic carbocycles. The molecule has 1 N–H and O–H groups in total. The van der Waals surface area contributed by atoms with Crippen molar-refractivity contribution < 1.29 is 9.72 Å². The number of anilines is 1. The lowest BCUT2D eigenvalue weighted by Gasteiger charge is -2.02. The first-order chi connectivity index (χ1) is 10.1. The first-order valence-electron chi connectivity index (χ1n) is 5.91. The summed E-state index contributed by atoms with van der Waals surface area (Å²) < 4.78 is 0.118. The fourth-order valence-corrected chi connectivity index (χ4v) is 1.85. The number of carbonyl (C=O) groups excluding carboxylic acids is 1. The zero-order chi connectivity index (χ0) is 15.2. The maximum absolute atomic E-state index is 12.0. The summed E-state index contributed by atoms with van der Waals surface area (Å²) >= 11 is 3.10. The minimum Gasteiger partial charge on any atom is -0.286 e. The lowest BCUT2D eigenvalue weighted by atomic mass is 10.1. The Bertz CT molecular complexity index is 684. The van der Waals surface area contributed by atoms with Gasteiger partial charge in [-0.25, -0.2) is 0 Å². The molecule has 21 heavy (non-hydrogen) atoms. The summed E-state index contributed by atoms with van der Waals surface area (Å²) in [6.45, 7) is 0. The number of hydrogen-bond acceptors (Lipinski definition) is 5. The molecule has 0 radical (unpaired) electrons. The van der Waals surface area contributed by atoms with Gasteiger partial charge >= 0.3 is 0 Å². The summed E-state index contributed by atoms with van der Waals surface area (Å²) in [5, 5.41) is 14.4. The molecule has 2 rings (SSSR count). The van der Waals surface area contributed by atoms with Crippen molar-refractivity contribution in [2.24, 2.45) is 5.10 Å². The van der Waals surface area contributed by atoms with Gasteiger partial charge in [0.15, 0.2) is 4.62 Å². The minimum absolute atomic E-state index is 0.0102. The largest absolute Gasteiger partial charge is 0.286 e. The zero-order valence-electron chi connectivity index (χ0n) is 10.7. The molecular weight excluding hydrogens is 338 g/mol. The minimum atomic E-state index is -0.484. The van der Waals surface area contributed by atoms with E-state index >= 15 is 0 Å². The van der Waals surface area contributed by atoms with E-state index in [1.165, 1.54) is 24.3 Å². The Balaban J connectivity index is 2.06. The molecule has 0 bridgehead atoms. The molecule has 0 aromatic heterocycles. The molecule has 0 spiro atoms. The number of Topliss-reactive ketones (excluding diaryl/α,β-unsaturated/α-hetero) is 1. The molecule has 2 aromatic rings. The third kappa shape index (κ3) is 3.96. The molecule has 106 valence electrons. The second-order valence-electron chi connectivity index (χ2n) is 4.01. The van der Waals surface area contributed by atoms with Crippen LogP contribution in [0.4, 0.5) is 11.4 Å².